The Labute approximate surface area is 195 Å². The molecule has 0 heterocycles. The standard InChI is InChI=1S/C23H19ClFN3O4S/c24-20-13-19(11-12-21(20)25)33(31,32)28-18-7-3-15(4-8-18)23(30)26-16-5-1-14(2-6-16)22(29)27-17-9-10-17/h1-8,11-13,17,28H,9-10H2,(H,26,30)(H,27,29). The molecule has 2 amide bonds. The second-order valence-electron chi connectivity index (χ2n) is 7.54. The fourth-order valence-corrected chi connectivity index (χ4v) is 4.28. The number of rotatable bonds is 7. The highest BCUT2D eigenvalue weighted by Crippen LogP contribution is 2.23. The summed E-state index contributed by atoms with van der Waals surface area (Å²) in [5.74, 6) is -1.26. The van der Waals surface area contributed by atoms with E-state index in [1.165, 1.54) is 24.3 Å². The van der Waals surface area contributed by atoms with E-state index >= 15 is 0 Å². The van der Waals surface area contributed by atoms with Crippen LogP contribution in [-0.4, -0.2) is 26.3 Å². The summed E-state index contributed by atoms with van der Waals surface area (Å²) in [4.78, 5) is 24.3. The van der Waals surface area contributed by atoms with Crippen molar-refractivity contribution in [2.45, 2.75) is 23.8 Å². The molecular weight excluding hydrogens is 469 g/mol. The van der Waals surface area contributed by atoms with Crippen molar-refractivity contribution in [3.63, 3.8) is 0 Å². The number of carbonyl (C=O) groups excluding carboxylic acids is 2. The molecule has 0 unspecified atom stereocenters. The predicted octanol–water partition coefficient (Wildman–Crippen LogP) is 4.42. The van der Waals surface area contributed by atoms with E-state index in [2.05, 4.69) is 15.4 Å². The fraction of sp³-hybridized carbons (Fsp3) is 0.130. The van der Waals surface area contributed by atoms with E-state index in [0.717, 1.165) is 31.0 Å². The Morgan fingerprint density at radius 2 is 1.42 bits per heavy atom. The number of hydrogen-bond acceptors (Lipinski definition) is 4. The maximum absolute atomic E-state index is 13.3. The molecule has 1 aliphatic rings. The minimum Gasteiger partial charge on any atom is -0.349 e. The van der Waals surface area contributed by atoms with Gasteiger partial charge in [-0.1, -0.05) is 11.6 Å². The summed E-state index contributed by atoms with van der Waals surface area (Å²) in [7, 11) is -3.98. The first-order valence-corrected chi connectivity index (χ1v) is 11.9. The van der Waals surface area contributed by atoms with Crippen molar-refractivity contribution in [3.05, 3.63) is 88.7 Å². The topological polar surface area (TPSA) is 104 Å². The Balaban J connectivity index is 1.38. The second-order valence-corrected chi connectivity index (χ2v) is 9.63. The van der Waals surface area contributed by atoms with Crippen LogP contribution in [0.25, 0.3) is 0 Å². The van der Waals surface area contributed by atoms with Crippen LogP contribution in [0.5, 0.6) is 0 Å². The zero-order valence-electron chi connectivity index (χ0n) is 17.1. The fourth-order valence-electron chi connectivity index (χ4n) is 2.95. The lowest BCUT2D eigenvalue weighted by Gasteiger charge is -2.10. The number of hydrogen-bond donors (Lipinski definition) is 3. The first-order valence-electron chi connectivity index (χ1n) is 10.0. The molecule has 33 heavy (non-hydrogen) atoms. The minimum atomic E-state index is -3.98. The molecular formula is C23H19ClFN3O4S. The van der Waals surface area contributed by atoms with Crippen LogP contribution < -0.4 is 15.4 Å². The molecule has 0 spiro atoms. The van der Waals surface area contributed by atoms with Gasteiger partial charge in [-0.25, -0.2) is 12.8 Å². The van der Waals surface area contributed by atoms with E-state index in [1.54, 1.807) is 24.3 Å². The Morgan fingerprint density at radius 1 is 0.848 bits per heavy atom. The lowest BCUT2D eigenvalue weighted by atomic mass is 10.1. The molecule has 3 aromatic rings. The van der Waals surface area contributed by atoms with Crippen LogP contribution in [0.2, 0.25) is 5.02 Å². The van der Waals surface area contributed by atoms with Gasteiger partial charge in [-0.3, -0.25) is 14.3 Å². The predicted molar refractivity (Wildman–Crippen MR) is 124 cm³/mol. The summed E-state index contributed by atoms with van der Waals surface area (Å²) in [5, 5.41) is 5.31. The average Bonchev–Trinajstić information content (AvgIpc) is 3.60. The molecule has 1 aliphatic carbocycles. The molecule has 170 valence electrons. The molecule has 0 bridgehead atoms. The third-order valence-corrected chi connectivity index (χ3v) is 6.59. The highest BCUT2D eigenvalue weighted by molar-refractivity contribution is 7.92. The van der Waals surface area contributed by atoms with Gasteiger partial charge in [0.05, 0.1) is 9.92 Å². The molecule has 4 rings (SSSR count). The Hall–Kier alpha value is -3.43. The van der Waals surface area contributed by atoms with E-state index in [9.17, 15) is 22.4 Å². The van der Waals surface area contributed by atoms with Gasteiger partial charge in [0.2, 0.25) is 0 Å². The van der Waals surface area contributed by atoms with Crippen molar-refractivity contribution < 1.29 is 22.4 Å². The molecule has 0 atom stereocenters. The normalized spacial score (nSPS) is 13.3. The van der Waals surface area contributed by atoms with Crippen LogP contribution in [-0.2, 0) is 10.0 Å². The van der Waals surface area contributed by atoms with Crippen LogP contribution >= 0.6 is 11.6 Å². The molecule has 3 N–H and O–H groups in total. The van der Waals surface area contributed by atoms with E-state index in [0.29, 0.717) is 16.8 Å². The van der Waals surface area contributed by atoms with Gasteiger partial charge in [-0.15, -0.1) is 0 Å². The maximum Gasteiger partial charge on any atom is 0.261 e. The number of benzene rings is 3. The summed E-state index contributed by atoms with van der Waals surface area (Å²) in [6.07, 6.45) is 2.00. The summed E-state index contributed by atoms with van der Waals surface area (Å²) >= 11 is 5.66. The highest BCUT2D eigenvalue weighted by Gasteiger charge is 2.23. The van der Waals surface area contributed by atoms with Crippen LogP contribution in [0.4, 0.5) is 15.8 Å². The highest BCUT2D eigenvalue weighted by atomic mass is 35.5. The maximum atomic E-state index is 13.3. The number of halogens is 2. The molecule has 0 radical (unpaired) electrons. The van der Waals surface area contributed by atoms with Crippen LogP contribution in [0, 0.1) is 5.82 Å². The zero-order chi connectivity index (χ0) is 23.6. The lowest BCUT2D eigenvalue weighted by molar-refractivity contribution is 0.0950. The Morgan fingerprint density at radius 3 is 2.00 bits per heavy atom. The van der Waals surface area contributed by atoms with Crippen molar-refractivity contribution in [3.8, 4) is 0 Å². The molecule has 1 saturated carbocycles. The largest absolute Gasteiger partial charge is 0.349 e. The number of carbonyl (C=O) groups is 2. The average molecular weight is 488 g/mol. The molecule has 10 heteroatoms. The lowest BCUT2D eigenvalue weighted by Crippen LogP contribution is -2.25. The minimum absolute atomic E-state index is 0.142. The Kier molecular flexibility index (Phi) is 6.35. The van der Waals surface area contributed by atoms with Gasteiger partial charge in [0.25, 0.3) is 21.8 Å². The second kappa shape index (κ2) is 9.21. The molecule has 0 saturated heterocycles. The number of nitrogens with one attached hydrogen (secondary N) is 3. The van der Waals surface area contributed by atoms with Crippen LogP contribution in [0.15, 0.2) is 71.6 Å². The summed E-state index contributed by atoms with van der Waals surface area (Å²) < 4.78 is 40.6. The van der Waals surface area contributed by atoms with Gasteiger partial charge in [-0.2, -0.15) is 0 Å². The third kappa shape index (κ3) is 5.68. The quantitative estimate of drug-likeness (QED) is 0.458. The molecule has 0 aromatic heterocycles. The van der Waals surface area contributed by atoms with Gasteiger partial charge in [-0.05, 0) is 79.6 Å². The third-order valence-electron chi connectivity index (χ3n) is 4.92. The first kappa shape index (κ1) is 22.8. The molecule has 3 aromatic carbocycles. The number of anilines is 2. The van der Waals surface area contributed by atoms with Crippen LogP contribution in [0.3, 0.4) is 0 Å². The van der Waals surface area contributed by atoms with Crippen molar-refractivity contribution in [2.24, 2.45) is 0 Å². The summed E-state index contributed by atoms with van der Waals surface area (Å²) in [6.45, 7) is 0. The number of amides is 2. The van der Waals surface area contributed by atoms with Crippen molar-refractivity contribution >= 4 is 44.8 Å². The van der Waals surface area contributed by atoms with Crippen molar-refractivity contribution in [1.29, 1.82) is 0 Å². The summed E-state index contributed by atoms with van der Waals surface area (Å²) in [6, 6.07) is 15.7. The molecule has 0 aliphatic heterocycles. The first-order chi connectivity index (χ1) is 15.7. The summed E-state index contributed by atoms with van der Waals surface area (Å²) in [5.41, 5.74) is 1.55. The van der Waals surface area contributed by atoms with E-state index in [4.69, 9.17) is 11.6 Å². The van der Waals surface area contributed by atoms with Gasteiger partial charge < -0.3 is 10.6 Å². The molecule has 7 nitrogen and oxygen atoms in total. The molecule has 1 fully saturated rings. The van der Waals surface area contributed by atoms with E-state index < -0.39 is 21.7 Å². The van der Waals surface area contributed by atoms with E-state index in [-0.39, 0.29) is 27.6 Å². The van der Waals surface area contributed by atoms with Gasteiger partial charge in [0, 0.05) is 28.5 Å². The van der Waals surface area contributed by atoms with E-state index in [1.807, 2.05) is 0 Å². The Bertz CT molecular complexity index is 1310. The van der Waals surface area contributed by atoms with Gasteiger partial charge in [0.15, 0.2) is 0 Å². The smallest absolute Gasteiger partial charge is 0.261 e. The zero-order valence-corrected chi connectivity index (χ0v) is 18.7. The van der Waals surface area contributed by atoms with Crippen LogP contribution in [0.1, 0.15) is 33.6 Å². The van der Waals surface area contributed by atoms with Crippen molar-refractivity contribution in [1.82, 2.24) is 5.32 Å². The monoisotopic (exact) mass is 487 g/mol. The van der Waals surface area contributed by atoms with Gasteiger partial charge >= 0.3 is 0 Å². The van der Waals surface area contributed by atoms with Gasteiger partial charge in [0.1, 0.15) is 5.82 Å². The van der Waals surface area contributed by atoms with Crippen molar-refractivity contribution in [2.75, 3.05) is 10.0 Å². The SMILES string of the molecule is O=C(Nc1ccc(C(=O)NC2CC2)cc1)c1ccc(NS(=O)(=O)c2ccc(F)c(Cl)c2)cc1. The number of sulfonamides is 1.